The van der Waals surface area contributed by atoms with Crippen LogP contribution in [-0.2, 0) is 0 Å². The van der Waals surface area contributed by atoms with Crippen LogP contribution in [0.1, 0.15) is 0 Å². The van der Waals surface area contributed by atoms with E-state index in [1.165, 1.54) is 36.4 Å². The van der Waals surface area contributed by atoms with Crippen molar-refractivity contribution in [3.63, 3.8) is 0 Å². The van der Waals surface area contributed by atoms with E-state index < -0.39 is 18.6 Å². The van der Waals surface area contributed by atoms with Crippen molar-refractivity contribution in [1.82, 2.24) is 0 Å². The van der Waals surface area contributed by atoms with Crippen LogP contribution in [0.2, 0.25) is 0 Å². The first-order chi connectivity index (χ1) is 9.17. The van der Waals surface area contributed by atoms with Crippen molar-refractivity contribution >= 4 is 6.96 Å². The lowest BCUT2D eigenvalue weighted by Crippen LogP contribution is -2.54. The Labute approximate surface area is 106 Å². The van der Waals surface area contributed by atoms with Gasteiger partial charge < -0.3 is 18.6 Å². The van der Waals surface area contributed by atoms with E-state index in [0.717, 1.165) is 0 Å². The Morgan fingerprint density at radius 2 is 1.16 bits per heavy atom. The SMILES string of the molecule is Fc1cccc2c1O[B-]1(O2)Oc2cccc(F)c2O1. The second kappa shape index (κ2) is 3.31. The lowest BCUT2D eigenvalue weighted by molar-refractivity contribution is 0.220. The van der Waals surface area contributed by atoms with Gasteiger partial charge in [-0.2, -0.15) is 0 Å². The van der Waals surface area contributed by atoms with E-state index >= 15 is 0 Å². The Morgan fingerprint density at radius 1 is 0.684 bits per heavy atom. The molecule has 0 amide bonds. The second-order valence-corrected chi connectivity index (χ2v) is 4.18. The summed E-state index contributed by atoms with van der Waals surface area (Å²) in [7, 11) is 0. The van der Waals surface area contributed by atoms with Crippen molar-refractivity contribution in [2.24, 2.45) is 0 Å². The average molecular weight is 263 g/mol. The summed E-state index contributed by atoms with van der Waals surface area (Å²) in [5.74, 6) is -1.08. The summed E-state index contributed by atoms with van der Waals surface area (Å²) in [6.45, 7) is -2.72. The summed E-state index contributed by atoms with van der Waals surface area (Å²) in [4.78, 5) is 0. The van der Waals surface area contributed by atoms with E-state index in [1.807, 2.05) is 0 Å². The zero-order chi connectivity index (χ0) is 13.0. The normalized spacial score (nSPS) is 16.9. The lowest BCUT2D eigenvalue weighted by atomic mass is 10.1. The molecule has 0 atom stereocenters. The van der Waals surface area contributed by atoms with Crippen LogP contribution in [0.5, 0.6) is 23.0 Å². The molecule has 2 heterocycles. The third-order valence-corrected chi connectivity index (χ3v) is 2.93. The van der Waals surface area contributed by atoms with Gasteiger partial charge in [-0.05, 0) is 24.3 Å². The van der Waals surface area contributed by atoms with Crippen LogP contribution in [0.25, 0.3) is 0 Å². The van der Waals surface area contributed by atoms with E-state index in [-0.39, 0.29) is 23.0 Å². The largest absolute Gasteiger partial charge is 0.777 e. The van der Waals surface area contributed by atoms with Gasteiger partial charge in [-0.1, -0.05) is 12.1 Å². The van der Waals surface area contributed by atoms with Gasteiger partial charge in [-0.25, -0.2) is 8.78 Å². The van der Waals surface area contributed by atoms with Gasteiger partial charge in [0.2, 0.25) is 0 Å². The van der Waals surface area contributed by atoms with Gasteiger partial charge in [0.05, 0.1) is 0 Å². The van der Waals surface area contributed by atoms with Gasteiger partial charge in [0, 0.05) is 0 Å². The van der Waals surface area contributed by atoms with Crippen molar-refractivity contribution in [2.45, 2.75) is 0 Å². The molecular formula is C12H6BF2O4-. The smallest absolute Gasteiger partial charge is 0.609 e. The van der Waals surface area contributed by atoms with E-state index in [4.69, 9.17) is 18.6 Å². The van der Waals surface area contributed by atoms with Gasteiger partial charge in [0.25, 0.3) is 0 Å². The molecule has 2 aromatic carbocycles. The van der Waals surface area contributed by atoms with Gasteiger partial charge in [-0.3, -0.25) is 0 Å². The van der Waals surface area contributed by atoms with Crippen LogP contribution >= 0.6 is 0 Å². The van der Waals surface area contributed by atoms with Crippen LogP contribution in [0.3, 0.4) is 0 Å². The highest BCUT2D eigenvalue weighted by atomic mass is 19.1. The Kier molecular flexibility index (Phi) is 1.83. The molecule has 0 bridgehead atoms. The van der Waals surface area contributed by atoms with Crippen molar-refractivity contribution in [3.8, 4) is 23.0 Å². The first kappa shape index (κ1) is 10.5. The number of para-hydroxylation sites is 2. The third-order valence-electron chi connectivity index (χ3n) is 2.93. The molecule has 0 saturated heterocycles. The Balaban J connectivity index is 1.75. The van der Waals surface area contributed by atoms with Gasteiger partial charge in [0.1, 0.15) is 11.5 Å². The quantitative estimate of drug-likeness (QED) is 0.684. The predicted octanol–water partition coefficient (Wildman–Crippen LogP) is 2.64. The number of benzene rings is 2. The summed E-state index contributed by atoms with van der Waals surface area (Å²) >= 11 is 0. The standard InChI is InChI=1S/C12H6BF2O4/c14-7-3-1-5-9-11(7)18-13(16-9)17-10-6-2-4-8(15)12(10)19-13/h1-6H/q-1. The fraction of sp³-hybridized carbons (Fsp3) is 0. The van der Waals surface area contributed by atoms with Crippen molar-refractivity contribution in [1.29, 1.82) is 0 Å². The fourth-order valence-corrected chi connectivity index (χ4v) is 2.14. The molecule has 7 heteroatoms. The van der Waals surface area contributed by atoms with Crippen molar-refractivity contribution < 1.29 is 27.4 Å². The Morgan fingerprint density at radius 3 is 1.58 bits per heavy atom. The summed E-state index contributed by atoms with van der Waals surface area (Å²) in [6.07, 6.45) is 0. The first-order valence-corrected chi connectivity index (χ1v) is 5.63. The molecule has 0 aromatic heterocycles. The van der Waals surface area contributed by atoms with Crippen molar-refractivity contribution in [3.05, 3.63) is 48.0 Å². The molecule has 19 heavy (non-hydrogen) atoms. The topological polar surface area (TPSA) is 36.9 Å². The van der Waals surface area contributed by atoms with E-state index in [1.54, 1.807) is 0 Å². The van der Waals surface area contributed by atoms with Crippen LogP contribution in [0.15, 0.2) is 36.4 Å². The van der Waals surface area contributed by atoms with Crippen LogP contribution in [0, 0.1) is 11.6 Å². The van der Waals surface area contributed by atoms with Crippen molar-refractivity contribution in [2.75, 3.05) is 0 Å². The molecule has 1 spiro atoms. The first-order valence-electron chi connectivity index (χ1n) is 5.63. The highest BCUT2D eigenvalue weighted by molar-refractivity contribution is 6.59. The minimum atomic E-state index is -2.72. The summed E-state index contributed by atoms with van der Waals surface area (Å²) in [5, 5.41) is 0. The highest BCUT2D eigenvalue weighted by Crippen LogP contribution is 2.46. The van der Waals surface area contributed by atoms with E-state index in [0.29, 0.717) is 0 Å². The maximum absolute atomic E-state index is 13.6. The van der Waals surface area contributed by atoms with Crippen LogP contribution < -0.4 is 18.6 Å². The van der Waals surface area contributed by atoms with Crippen LogP contribution in [0.4, 0.5) is 8.78 Å². The molecule has 2 aliphatic rings. The molecule has 0 unspecified atom stereocenters. The van der Waals surface area contributed by atoms with E-state index in [9.17, 15) is 8.78 Å². The number of rotatable bonds is 0. The molecule has 4 rings (SSSR count). The minimum absolute atomic E-state index is 0.101. The Bertz CT molecular complexity index is 632. The Hall–Kier alpha value is -2.44. The van der Waals surface area contributed by atoms with E-state index in [2.05, 4.69) is 0 Å². The molecule has 96 valence electrons. The maximum atomic E-state index is 13.6. The van der Waals surface area contributed by atoms with Gasteiger partial charge in [0.15, 0.2) is 23.1 Å². The fourth-order valence-electron chi connectivity index (χ4n) is 2.14. The summed E-state index contributed by atoms with van der Waals surface area (Å²) < 4.78 is 48.4. The molecule has 0 radical (unpaired) electrons. The number of fused-ring (bicyclic) bond motifs is 2. The monoisotopic (exact) mass is 263 g/mol. The van der Waals surface area contributed by atoms with Gasteiger partial charge in [-0.15, -0.1) is 0 Å². The summed E-state index contributed by atoms with van der Waals surface area (Å²) in [6, 6.07) is 8.41. The second-order valence-electron chi connectivity index (χ2n) is 4.18. The van der Waals surface area contributed by atoms with Gasteiger partial charge >= 0.3 is 6.96 Å². The maximum Gasteiger partial charge on any atom is 0.777 e. The highest BCUT2D eigenvalue weighted by Gasteiger charge is 2.53. The predicted molar refractivity (Wildman–Crippen MR) is 61.1 cm³/mol. The molecule has 0 aliphatic carbocycles. The third kappa shape index (κ3) is 1.38. The number of hydrogen-bond acceptors (Lipinski definition) is 4. The molecule has 2 aromatic rings. The average Bonchev–Trinajstić information content (AvgIpc) is 2.92. The number of halogens is 2. The molecule has 0 saturated carbocycles. The number of hydrogen-bond donors (Lipinski definition) is 0. The molecule has 0 N–H and O–H groups in total. The molecule has 2 aliphatic heterocycles. The zero-order valence-corrected chi connectivity index (χ0v) is 9.43. The minimum Gasteiger partial charge on any atom is -0.609 e. The summed E-state index contributed by atoms with van der Waals surface area (Å²) in [5.41, 5.74) is 0. The molecule has 0 fully saturated rings. The molecule has 4 nitrogen and oxygen atoms in total. The van der Waals surface area contributed by atoms with Crippen LogP contribution in [-0.4, -0.2) is 6.96 Å². The zero-order valence-electron chi connectivity index (χ0n) is 9.43. The molecular weight excluding hydrogens is 257 g/mol. The lowest BCUT2D eigenvalue weighted by Gasteiger charge is -2.27.